The fourth-order valence-electron chi connectivity index (χ4n) is 2.96. The maximum absolute atomic E-state index is 12.3. The van der Waals surface area contributed by atoms with E-state index in [0.717, 1.165) is 16.5 Å². The van der Waals surface area contributed by atoms with Crippen LogP contribution in [0.25, 0.3) is 10.9 Å². The van der Waals surface area contributed by atoms with Crippen LogP contribution in [0, 0.1) is 0 Å². The summed E-state index contributed by atoms with van der Waals surface area (Å²) in [5.41, 5.74) is 2.76. The van der Waals surface area contributed by atoms with Gasteiger partial charge in [-0.15, -0.1) is 0 Å². The van der Waals surface area contributed by atoms with Gasteiger partial charge in [-0.2, -0.15) is 10.2 Å². The van der Waals surface area contributed by atoms with Crippen molar-refractivity contribution in [2.45, 2.75) is 19.5 Å². The van der Waals surface area contributed by atoms with Gasteiger partial charge in [0, 0.05) is 18.0 Å². The zero-order valence-corrected chi connectivity index (χ0v) is 15.3. The molecule has 4 rings (SSSR count). The van der Waals surface area contributed by atoms with Crippen molar-refractivity contribution in [3.05, 3.63) is 77.7 Å². The zero-order valence-electron chi connectivity index (χ0n) is 14.5. The first kappa shape index (κ1) is 17.3. The Kier molecular flexibility index (Phi) is 4.89. The van der Waals surface area contributed by atoms with Gasteiger partial charge < -0.3 is 5.32 Å². The van der Waals surface area contributed by atoms with Crippen molar-refractivity contribution in [1.29, 1.82) is 0 Å². The second kappa shape index (κ2) is 7.63. The molecule has 2 heterocycles. The van der Waals surface area contributed by atoms with Crippen LogP contribution in [-0.4, -0.2) is 25.5 Å². The fourth-order valence-corrected chi connectivity index (χ4v) is 3.18. The lowest BCUT2D eigenvalue weighted by molar-refractivity contribution is -0.116. The number of halogens is 1. The SMILES string of the molecule is O=C(CCn1ncc2c(Cl)cccc21)Nc1cnn(Cc2ccccc2)c1. The third-order valence-corrected chi connectivity index (χ3v) is 4.62. The van der Waals surface area contributed by atoms with Crippen molar-refractivity contribution in [2.24, 2.45) is 0 Å². The van der Waals surface area contributed by atoms with Gasteiger partial charge in [-0.25, -0.2) is 0 Å². The summed E-state index contributed by atoms with van der Waals surface area (Å²) in [5.74, 6) is -0.0834. The number of nitrogens with zero attached hydrogens (tertiary/aromatic N) is 4. The molecule has 0 unspecified atom stereocenters. The molecule has 0 aliphatic carbocycles. The van der Waals surface area contributed by atoms with Crippen LogP contribution in [0.2, 0.25) is 5.02 Å². The summed E-state index contributed by atoms with van der Waals surface area (Å²) < 4.78 is 3.59. The summed E-state index contributed by atoms with van der Waals surface area (Å²) in [4.78, 5) is 12.3. The van der Waals surface area contributed by atoms with Gasteiger partial charge in [0.2, 0.25) is 5.91 Å². The number of fused-ring (bicyclic) bond motifs is 1. The van der Waals surface area contributed by atoms with E-state index >= 15 is 0 Å². The number of anilines is 1. The Morgan fingerprint density at radius 1 is 1.04 bits per heavy atom. The first-order valence-corrected chi connectivity index (χ1v) is 9.03. The highest BCUT2D eigenvalue weighted by Gasteiger charge is 2.09. The quantitative estimate of drug-likeness (QED) is 0.551. The topological polar surface area (TPSA) is 64.7 Å². The van der Waals surface area contributed by atoms with Gasteiger partial charge in [0.15, 0.2) is 0 Å². The average molecular weight is 380 g/mol. The Balaban J connectivity index is 1.35. The van der Waals surface area contributed by atoms with Crippen LogP contribution >= 0.6 is 11.6 Å². The molecule has 1 N–H and O–H groups in total. The summed E-state index contributed by atoms with van der Waals surface area (Å²) in [7, 11) is 0. The number of hydrogen-bond donors (Lipinski definition) is 1. The number of aryl methyl sites for hydroxylation is 1. The lowest BCUT2D eigenvalue weighted by Crippen LogP contribution is -2.14. The number of carbonyl (C=O) groups is 1. The van der Waals surface area contributed by atoms with Gasteiger partial charge in [-0.1, -0.05) is 48.0 Å². The van der Waals surface area contributed by atoms with Crippen LogP contribution in [0.1, 0.15) is 12.0 Å². The predicted molar refractivity (Wildman–Crippen MR) is 106 cm³/mol. The molecule has 6 nitrogen and oxygen atoms in total. The molecule has 4 aromatic rings. The molecular formula is C20H18ClN5O. The van der Waals surface area contributed by atoms with Gasteiger partial charge >= 0.3 is 0 Å². The molecule has 0 atom stereocenters. The second-order valence-electron chi connectivity index (χ2n) is 6.25. The van der Waals surface area contributed by atoms with Crippen LogP contribution in [-0.2, 0) is 17.9 Å². The average Bonchev–Trinajstić information content (AvgIpc) is 3.28. The van der Waals surface area contributed by atoms with Crippen molar-refractivity contribution in [3.8, 4) is 0 Å². The van der Waals surface area contributed by atoms with Crippen LogP contribution in [0.15, 0.2) is 67.1 Å². The number of aromatic nitrogens is 4. The molecule has 1 amide bonds. The third kappa shape index (κ3) is 4.01. The monoisotopic (exact) mass is 379 g/mol. The van der Waals surface area contributed by atoms with E-state index in [4.69, 9.17) is 11.6 Å². The Labute approximate surface area is 161 Å². The fraction of sp³-hybridized carbons (Fsp3) is 0.150. The van der Waals surface area contributed by atoms with Crippen molar-refractivity contribution in [2.75, 3.05) is 5.32 Å². The van der Waals surface area contributed by atoms with E-state index in [9.17, 15) is 4.79 Å². The van der Waals surface area contributed by atoms with Gasteiger partial charge in [-0.3, -0.25) is 14.2 Å². The minimum absolute atomic E-state index is 0.0834. The third-order valence-electron chi connectivity index (χ3n) is 4.29. The molecule has 7 heteroatoms. The highest BCUT2D eigenvalue weighted by atomic mass is 35.5. The molecule has 0 radical (unpaired) electrons. The Morgan fingerprint density at radius 3 is 2.74 bits per heavy atom. The van der Waals surface area contributed by atoms with Crippen molar-refractivity contribution >= 4 is 34.1 Å². The number of hydrogen-bond acceptors (Lipinski definition) is 3. The van der Waals surface area contributed by atoms with Gasteiger partial charge in [0.05, 0.1) is 41.7 Å². The second-order valence-corrected chi connectivity index (χ2v) is 6.66. The van der Waals surface area contributed by atoms with Crippen molar-refractivity contribution < 1.29 is 4.79 Å². The highest BCUT2D eigenvalue weighted by Crippen LogP contribution is 2.22. The van der Waals surface area contributed by atoms with E-state index in [1.807, 2.05) is 54.7 Å². The molecule has 0 bridgehead atoms. The van der Waals surface area contributed by atoms with Gasteiger partial charge in [0.25, 0.3) is 0 Å². The maximum atomic E-state index is 12.3. The van der Waals surface area contributed by atoms with Crippen LogP contribution < -0.4 is 5.32 Å². The lowest BCUT2D eigenvalue weighted by Gasteiger charge is -2.05. The van der Waals surface area contributed by atoms with E-state index in [1.54, 1.807) is 21.8 Å². The van der Waals surface area contributed by atoms with Crippen LogP contribution in [0.3, 0.4) is 0 Å². The van der Waals surface area contributed by atoms with E-state index in [1.165, 1.54) is 0 Å². The molecule has 27 heavy (non-hydrogen) atoms. The van der Waals surface area contributed by atoms with E-state index in [0.29, 0.717) is 30.2 Å². The molecule has 2 aromatic carbocycles. The summed E-state index contributed by atoms with van der Waals surface area (Å²) in [6.07, 6.45) is 5.52. The molecule has 2 aromatic heterocycles. The first-order valence-electron chi connectivity index (χ1n) is 8.65. The summed E-state index contributed by atoms with van der Waals surface area (Å²) in [5, 5.41) is 13.0. The molecular weight excluding hydrogens is 362 g/mol. The Bertz CT molecular complexity index is 1070. The largest absolute Gasteiger partial charge is 0.323 e. The number of carbonyl (C=O) groups excluding carboxylic acids is 1. The minimum Gasteiger partial charge on any atom is -0.323 e. The minimum atomic E-state index is -0.0834. The number of amides is 1. The smallest absolute Gasteiger partial charge is 0.226 e. The van der Waals surface area contributed by atoms with Crippen molar-refractivity contribution in [3.63, 3.8) is 0 Å². The highest BCUT2D eigenvalue weighted by molar-refractivity contribution is 6.35. The lowest BCUT2D eigenvalue weighted by atomic mass is 10.2. The molecule has 0 fully saturated rings. The Hall–Kier alpha value is -3.12. The summed E-state index contributed by atoms with van der Waals surface area (Å²) in [6, 6.07) is 15.7. The normalized spacial score (nSPS) is 11.0. The van der Waals surface area contributed by atoms with Crippen LogP contribution in [0.5, 0.6) is 0 Å². The van der Waals surface area contributed by atoms with E-state index in [2.05, 4.69) is 15.5 Å². The van der Waals surface area contributed by atoms with Gasteiger partial charge in [0.1, 0.15) is 0 Å². The molecule has 136 valence electrons. The standard InChI is InChI=1S/C20H18ClN5O/c21-18-7-4-8-19-17(18)12-23-26(19)10-9-20(27)24-16-11-22-25(14-16)13-15-5-2-1-3-6-15/h1-8,11-12,14H,9-10,13H2,(H,24,27). The molecule has 0 saturated carbocycles. The molecule has 0 aliphatic heterocycles. The molecule has 0 spiro atoms. The molecule has 0 saturated heterocycles. The number of nitrogens with one attached hydrogen (secondary N) is 1. The summed E-state index contributed by atoms with van der Waals surface area (Å²) in [6.45, 7) is 1.14. The number of rotatable bonds is 6. The van der Waals surface area contributed by atoms with Crippen molar-refractivity contribution in [1.82, 2.24) is 19.6 Å². The number of benzene rings is 2. The summed E-state index contributed by atoms with van der Waals surface area (Å²) >= 11 is 6.16. The predicted octanol–water partition coefficient (Wildman–Crippen LogP) is 3.96. The van der Waals surface area contributed by atoms with E-state index in [-0.39, 0.29) is 5.91 Å². The zero-order chi connectivity index (χ0) is 18.6. The molecule has 0 aliphatic rings. The first-order chi connectivity index (χ1) is 13.2. The van der Waals surface area contributed by atoms with Gasteiger partial charge in [-0.05, 0) is 17.7 Å². The Morgan fingerprint density at radius 2 is 1.89 bits per heavy atom. The van der Waals surface area contributed by atoms with Crippen LogP contribution in [0.4, 0.5) is 5.69 Å². The maximum Gasteiger partial charge on any atom is 0.226 e. The van der Waals surface area contributed by atoms with E-state index < -0.39 is 0 Å².